The van der Waals surface area contributed by atoms with Crippen molar-refractivity contribution >= 4 is 40.6 Å². The number of benzene rings is 1. The number of hydrogen-bond donors (Lipinski definition) is 1. The number of pyridine rings is 1. The number of nitrogens with zero attached hydrogens (tertiary/aromatic N) is 5. The Morgan fingerprint density at radius 2 is 2.06 bits per heavy atom. The third kappa shape index (κ3) is 4.24. The third-order valence-electron chi connectivity index (χ3n) is 6.34. The lowest BCUT2D eigenvalue weighted by atomic mass is 10.1. The number of ether oxygens (including phenoxy) is 1. The average Bonchev–Trinajstić information content (AvgIpc) is 3.63. The number of anilines is 1. The standard InChI is InChI=1S/C27H28N6O2S/c1-27(2,3)35-26(34)30-20-10-7-17-16-18(8-9-19(17)20)33-24-21(29-25(33)22-6-4-15-36-22)11-12-23(31-24)32-14-5-13-28-32/h4,6,8-9,11-13,15-16,20H,5,7,10,14H2,1-3H3,(H,30,34). The minimum Gasteiger partial charge on any atom is -0.444 e. The molecule has 0 spiro atoms. The van der Waals surface area contributed by atoms with E-state index in [0.29, 0.717) is 0 Å². The first-order valence-electron chi connectivity index (χ1n) is 12.2. The Morgan fingerprint density at radius 3 is 2.81 bits per heavy atom. The first kappa shape index (κ1) is 22.7. The van der Waals surface area contributed by atoms with Gasteiger partial charge in [0, 0.05) is 24.9 Å². The monoisotopic (exact) mass is 500 g/mol. The van der Waals surface area contributed by atoms with Gasteiger partial charge in [-0.1, -0.05) is 12.1 Å². The van der Waals surface area contributed by atoms with Gasteiger partial charge in [0.2, 0.25) is 0 Å². The highest BCUT2D eigenvalue weighted by molar-refractivity contribution is 7.13. The number of rotatable bonds is 4. The molecule has 184 valence electrons. The lowest BCUT2D eigenvalue weighted by Gasteiger charge is -2.22. The average molecular weight is 501 g/mol. The number of fused-ring (bicyclic) bond motifs is 2. The van der Waals surface area contributed by atoms with Crippen LogP contribution in [0.4, 0.5) is 10.6 Å². The second-order valence-corrected chi connectivity index (χ2v) is 11.0. The molecule has 1 aromatic carbocycles. The van der Waals surface area contributed by atoms with Gasteiger partial charge in [0.1, 0.15) is 11.1 Å². The van der Waals surface area contributed by atoms with Crippen LogP contribution < -0.4 is 10.3 Å². The van der Waals surface area contributed by atoms with Gasteiger partial charge < -0.3 is 10.1 Å². The van der Waals surface area contributed by atoms with E-state index in [9.17, 15) is 4.79 Å². The van der Waals surface area contributed by atoms with Crippen molar-refractivity contribution in [3.8, 4) is 16.4 Å². The fourth-order valence-corrected chi connectivity index (χ4v) is 5.52. The van der Waals surface area contributed by atoms with Crippen molar-refractivity contribution < 1.29 is 9.53 Å². The quantitative estimate of drug-likeness (QED) is 0.380. The maximum Gasteiger partial charge on any atom is 0.408 e. The van der Waals surface area contributed by atoms with Crippen LogP contribution in [0, 0.1) is 0 Å². The van der Waals surface area contributed by atoms with E-state index >= 15 is 0 Å². The first-order valence-corrected chi connectivity index (χ1v) is 13.1. The number of imidazole rings is 1. The van der Waals surface area contributed by atoms with Gasteiger partial charge in [-0.15, -0.1) is 11.3 Å². The van der Waals surface area contributed by atoms with Crippen molar-refractivity contribution in [3.63, 3.8) is 0 Å². The number of aryl methyl sites for hydroxylation is 1. The summed E-state index contributed by atoms with van der Waals surface area (Å²) < 4.78 is 7.61. The highest BCUT2D eigenvalue weighted by Crippen LogP contribution is 2.36. The summed E-state index contributed by atoms with van der Waals surface area (Å²) in [6, 6.07) is 14.5. The Hall–Kier alpha value is -3.72. The minimum atomic E-state index is -0.526. The molecule has 0 fully saturated rings. The summed E-state index contributed by atoms with van der Waals surface area (Å²) in [5.41, 5.74) is 4.48. The molecule has 3 aromatic heterocycles. The highest BCUT2D eigenvalue weighted by Gasteiger charge is 2.27. The Bertz CT molecular complexity index is 1470. The number of hydrazone groups is 1. The zero-order valence-electron chi connectivity index (χ0n) is 20.6. The summed E-state index contributed by atoms with van der Waals surface area (Å²) in [7, 11) is 0. The molecule has 2 aliphatic rings. The van der Waals surface area contributed by atoms with Crippen molar-refractivity contribution in [3.05, 3.63) is 59.0 Å². The fourth-order valence-electron chi connectivity index (χ4n) is 4.82. The molecular weight excluding hydrogens is 472 g/mol. The number of carbonyl (C=O) groups is 1. The third-order valence-corrected chi connectivity index (χ3v) is 7.21. The Kier molecular flexibility index (Phi) is 5.52. The molecule has 1 atom stereocenters. The van der Waals surface area contributed by atoms with E-state index in [1.54, 1.807) is 11.3 Å². The summed E-state index contributed by atoms with van der Waals surface area (Å²) in [5, 5.41) is 11.5. The van der Waals surface area contributed by atoms with Crippen LogP contribution in [0.25, 0.3) is 27.6 Å². The Morgan fingerprint density at radius 1 is 1.17 bits per heavy atom. The summed E-state index contributed by atoms with van der Waals surface area (Å²) in [4.78, 5) is 23.4. The van der Waals surface area contributed by atoms with Crippen molar-refractivity contribution in [1.29, 1.82) is 0 Å². The van der Waals surface area contributed by atoms with Crippen LogP contribution in [0.2, 0.25) is 0 Å². The number of aromatic nitrogens is 3. The van der Waals surface area contributed by atoms with E-state index in [0.717, 1.165) is 64.7 Å². The van der Waals surface area contributed by atoms with Crippen LogP contribution in [-0.2, 0) is 11.2 Å². The number of hydrogen-bond acceptors (Lipinski definition) is 7. The van der Waals surface area contributed by atoms with Crippen LogP contribution in [0.15, 0.2) is 52.9 Å². The maximum absolute atomic E-state index is 12.4. The fraction of sp³-hybridized carbons (Fsp3) is 0.333. The molecule has 1 unspecified atom stereocenters. The number of amides is 1. The molecule has 1 aliphatic heterocycles. The predicted molar refractivity (Wildman–Crippen MR) is 143 cm³/mol. The summed E-state index contributed by atoms with van der Waals surface area (Å²) >= 11 is 1.66. The maximum atomic E-state index is 12.4. The second-order valence-electron chi connectivity index (χ2n) is 10.1. The number of alkyl carbamates (subject to hydrolysis) is 1. The molecule has 6 rings (SSSR count). The van der Waals surface area contributed by atoms with Crippen molar-refractivity contribution in [1.82, 2.24) is 19.9 Å². The number of nitrogens with one attached hydrogen (secondary N) is 1. The van der Waals surface area contributed by atoms with E-state index in [-0.39, 0.29) is 12.1 Å². The van der Waals surface area contributed by atoms with Gasteiger partial charge in [-0.25, -0.2) is 19.8 Å². The van der Waals surface area contributed by atoms with Gasteiger partial charge in [0.05, 0.1) is 10.9 Å². The molecule has 4 heterocycles. The highest BCUT2D eigenvalue weighted by atomic mass is 32.1. The largest absolute Gasteiger partial charge is 0.444 e. The van der Waals surface area contributed by atoms with Gasteiger partial charge in [-0.2, -0.15) is 5.10 Å². The minimum absolute atomic E-state index is 0.0575. The molecule has 9 heteroatoms. The number of thiophene rings is 1. The van der Waals surface area contributed by atoms with E-state index in [1.165, 1.54) is 5.56 Å². The Labute approximate surface area is 213 Å². The van der Waals surface area contributed by atoms with E-state index in [4.69, 9.17) is 14.7 Å². The Balaban J connectivity index is 1.40. The van der Waals surface area contributed by atoms with Gasteiger partial charge in [-0.3, -0.25) is 4.57 Å². The summed E-state index contributed by atoms with van der Waals surface area (Å²) in [6.07, 6.45) is 4.18. The molecule has 0 radical (unpaired) electrons. The smallest absolute Gasteiger partial charge is 0.408 e. The van der Waals surface area contributed by atoms with Gasteiger partial charge >= 0.3 is 6.09 Å². The molecule has 1 aliphatic carbocycles. The zero-order valence-corrected chi connectivity index (χ0v) is 21.4. The van der Waals surface area contributed by atoms with Crippen LogP contribution in [-0.4, -0.2) is 39.0 Å². The molecule has 4 aromatic rings. The molecule has 1 amide bonds. The van der Waals surface area contributed by atoms with Crippen LogP contribution in [0.3, 0.4) is 0 Å². The van der Waals surface area contributed by atoms with Crippen molar-refractivity contribution in [2.75, 3.05) is 11.6 Å². The normalized spacial score (nSPS) is 17.1. The van der Waals surface area contributed by atoms with Gasteiger partial charge in [0.25, 0.3) is 0 Å². The predicted octanol–water partition coefficient (Wildman–Crippen LogP) is 5.86. The van der Waals surface area contributed by atoms with Crippen LogP contribution in [0.1, 0.15) is 50.8 Å². The summed E-state index contributed by atoms with van der Waals surface area (Å²) in [6.45, 7) is 6.45. The molecule has 8 nitrogen and oxygen atoms in total. The molecule has 0 saturated carbocycles. The zero-order chi connectivity index (χ0) is 24.9. The van der Waals surface area contributed by atoms with E-state index in [2.05, 4.69) is 44.6 Å². The second kappa shape index (κ2) is 8.74. The van der Waals surface area contributed by atoms with Crippen molar-refractivity contribution in [2.45, 2.75) is 51.7 Å². The first-order chi connectivity index (χ1) is 17.4. The molecule has 36 heavy (non-hydrogen) atoms. The van der Waals surface area contributed by atoms with E-state index < -0.39 is 5.60 Å². The number of carbonyl (C=O) groups excluding carboxylic acids is 1. The van der Waals surface area contributed by atoms with Crippen LogP contribution >= 0.6 is 11.3 Å². The lowest BCUT2D eigenvalue weighted by molar-refractivity contribution is 0.0503. The van der Waals surface area contributed by atoms with Gasteiger partial charge in [-0.05, 0) is 80.5 Å². The van der Waals surface area contributed by atoms with Crippen LogP contribution in [0.5, 0.6) is 0 Å². The molecule has 1 N–H and O–H groups in total. The van der Waals surface area contributed by atoms with Gasteiger partial charge in [0.15, 0.2) is 17.3 Å². The van der Waals surface area contributed by atoms with E-state index in [1.807, 2.05) is 50.2 Å². The molecule has 0 bridgehead atoms. The van der Waals surface area contributed by atoms with Crippen molar-refractivity contribution in [2.24, 2.45) is 5.10 Å². The molecular formula is C27H28N6O2S. The lowest BCUT2D eigenvalue weighted by Crippen LogP contribution is -2.34. The SMILES string of the molecule is CC(C)(C)OC(=O)NC1CCc2cc(-n3c(-c4cccs4)nc4ccc(N5CCC=N5)nc43)ccc21. The molecule has 0 saturated heterocycles. The topological polar surface area (TPSA) is 84.6 Å². The summed E-state index contributed by atoms with van der Waals surface area (Å²) in [5.74, 6) is 1.69.